The second kappa shape index (κ2) is 7.91. The van der Waals surface area contributed by atoms with Crippen LogP contribution in [0.5, 0.6) is 11.5 Å². The molecule has 0 spiro atoms. The third-order valence-corrected chi connectivity index (χ3v) is 4.18. The molecule has 0 saturated heterocycles. The van der Waals surface area contributed by atoms with Gasteiger partial charge in [-0.2, -0.15) is 0 Å². The summed E-state index contributed by atoms with van der Waals surface area (Å²) in [6, 6.07) is 14.1. The molecular formula is C20H22N2O4. The number of fused-ring (bicyclic) bond motifs is 1. The van der Waals surface area contributed by atoms with Gasteiger partial charge in [-0.15, -0.1) is 0 Å². The number of nitrogens with one attached hydrogen (secondary N) is 1. The number of hydrogen-bond acceptors (Lipinski definition) is 4. The number of hydrogen-bond donors (Lipinski definition) is 1. The van der Waals surface area contributed by atoms with Gasteiger partial charge >= 0.3 is 6.03 Å². The number of anilines is 1. The summed E-state index contributed by atoms with van der Waals surface area (Å²) in [4.78, 5) is 25.7. The molecule has 1 N–H and O–H groups in total. The maximum absolute atomic E-state index is 12.6. The van der Waals surface area contributed by atoms with Crippen LogP contribution in [0, 0.1) is 0 Å². The molecule has 6 nitrogen and oxygen atoms in total. The topological polar surface area (TPSA) is 67.9 Å². The fraction of sp³-hybridized carbons (Fsp3) is 0.300. The smallest absolute Gasteiger partial charge is 0.321 e. The number of urea groups is 1. The molecule has 0 aliphatic carbocycles. The Hall–Kier alpha value is -3.02. The van der Waals surface area contributed by atoms with Gasteiger partial charge in [0.2, 0.25) is 0 Å². The largest absolute Gasteiger partial charge is 0.486 e. The average Bonchev–Trinajstić information content (AvgIpc) is 2.66. The van der Waals surface area contributed by atoms with E-state index in [-0.39, 0.29) is 17.9 Å². The Kier molecular flexibility index (Phi) is 5.41. The monoisotopic (exact) mass is 354 g/mol. The molecule has 0 bridgehead atoms. The lowest BCUT2D eigenvalue weighted by Crippen LogP contribution is -2.45. The van der Waals surface area contributed by atoms with Crippen molar-refractivity contribution in [3.63, 3.8) is 0 Å². The van der Waals surface area contributed by atoms with Gasteiger partial charge in [0.1, 0.15) is 6.61 Å². The first-order valence-corrected chi connectivity index (χ1v) is 8.62. The first-order chi connectivity index (χ1) is 12.6. The van der Waals surface area contributed by atoms with Crippen LogP contribution in [0.4, 0.5) is 10.5 Å². The van der Waals surface area contributed by atoms with Gasteiger partial charge < -0.3 is 19.7 Å². The Bertz CT molecular complexity index is 806. The first kappa shape index (κ1) is 17.8. The van der Waals surface area contributed by atoms with Crippen molar-refractivity contribution in [3.8, 4) is 11.5 Å². The number of nitrogens with zero attached hydrogens (tertiary/aromatic N) is 1. The summed E-state index contributed by atoms with van der Waals surface area (Å²) in [6.45, 7) is 4.73. The molecule has 2 amide bonds. The Labute approximate surface area is 152 Å². The van der Waals surface area contributed by atoms with Crippen LogP contribution in [0.3, 0.4) is 0 Å². The fourth-order valence-corrected chi connectivity index (χ4v) is 2.77. The number of benzene rings is 2. The van der Waals surface area contributed by atoms with E-state index >= 15 is 0 Å². The van der Waals surface area contributed by atoms with Gasteiger partial charge in [0.25, 0.3) is 0 Å². The molecule has 0 aromatic heterocycles. The number of rotatable bonds is 5. The van der Waals surface area contributed by atoms with Crippen molar-refractivity contribution in [1.82, 2.24) is 4.90 Å². The van der Waals surface area contributed by atoms with Crippen molar-refractivity contribution in [2.75, 3.05) is 25.0 Å². The molecule has 1 heterocycles. The van der Waals surface area contributed by atoms with Gasteiger partial charge in [-0.1, -0.05) is 24.3 Å². The molecule has 2 aromatic carbocycles. The van der Waals surface area contributed by atoms with Gasteiger partial charge in [-0.25, -0.2) is 4.79 Å². The van der Waals surface area contributed by atoms with Crippen LogP contribution in [-0.2, 0) is 0 Å². The lowest BCUT2D eigenvalue weighted by atomic mass is 10.1. The molecule has 136 valence electrons. The number of ketones is 1. The molecule has 26 heavy (non-hydrogen) atoms. The van der Waals surface area contributed by atoms with E-state index in [1.54, 1.807) is 29.2 Å². The van der Waals surface area contributed by atoms with Crippen molar-refractivity contribution in [2.24, 2.45) is 0 Å². The van der Waals surface area contributed by atoms with E-state index < -0.39 is 0 Å². The van der Waals surface area contributed by atoms with Crippen molar-refractivity contribution >= 4 is 17.5 Å². The third kappa shape index (κ3) is 4.14. The van der Waals surface area contributed by atoms with Crippen LogP contribution < -0.4 is 14.8 Å². The zero-order valence-electron chi connectivity index (χ0n) is 14.9. The van der Waals surface area contributed by atoms with Crippen LogP contribution >= 0.6 is 0 Å². The summed E-state index contributed by atoms with van der Waals surface area (Å²) in [5.41, 5.74) is 1.15. The van der Waals surface area contributed by atoms with E-state index in [2.05, 4.69) is 5.32 Å². The van der Waals surface area contributed by atoms with Gasteiger partial charge in [-0.3, -0.25) is 4.79 Å². The predicted octanol–water partition coefficient (Wildman–Crippen LogP) is 3.58. The minimum atomic E-state index is -0.240. The SMILES string of the molecule is CCN(CC1COc2ccccc2O1)C(=O)Nc1cccc(C(C)=O)c1. The van der Waals surface area contributed by atoms with E-state index in [4.69, 9.17) is 9.47 Å². The lowest BCUT2D eigenvalue weighted by Gasteiger charge is -2.31. The van der Waals surface area contributed by atoms with Crippen molar-refractivity contribution < 1.29 is 19.1 Å². The molecule has 2 aromatic rings. The second-order valence-corrected chi connectivity index (χ2v) is 6.10. The van der Waals surface area contributed by atoms with E-state index in [0.717, 1.165) is 5.75 Å². The van der Waals surface area contributed by atoms with Crippen molar-refractivity contribution in [1.29, 1.82) is 0 Å². The Morgan fingerprint density at radius 2 is 1.92 bits per heavy atom. The quantitative estimate of drug-likeness (QED) is 0.834. The van der Waals surface area contributed by atoms with E-state index in [9.17, 15) is 9.59 Å². The van der Waals surface area contributed by atoms with Crippen molar-refractivity contribution in [3.05, 3.63) is 54.1 Å². The predicted molar refractivity (Wildman–Crippen MR) is 99.1 cm³/mol. The molecule has 0 radical (unpaired) electrons. The van der Waals surface area contributed by atoms with Gasteiger partial charge in [-0.05, 0) is 38.1 Å². The molecule has 1 unspecified atom stereocenters. The maximum Gasteiger partial charge on any atom is 0.321 e. The highest BCUT2D eigenvalue weighted by Gasteiger charge is 2.24. The number of Topliss-reactive ketones (excluding diaryl/α,β-unsaturated/α-hetero) is 1. The highest BCUT2D eigenvalue weighted by Crippen LogP contribution is 2.31. The van der Waals surface area contributed by atoms with Crippen LogP contribution in [-0.4, -0.2) is 42.5 Å². The van der Waals surface area contributed by atoms with Crippen LogP contribution in [0.25, 0.3) is 0 Å². The van der Waals surface area contributed by atoms with E-state index in [0.29, 0.717) is 36.7 Å². The van der Waals surface area contributed by atoms with Gasteiger partial charge in [0, 0.05) is 17.8 Å². The summed E-state index contributed by atoms with van der Waals surface area (Å²) >= 11 is 0. The molecule has 1 atom stereocenters. The van der Waals surface area contributed by atoms with Gasteiger partial charge in [0.05, 0.1) is 6.54 Å². The highest BCUT2D eigenvalue weighted by molar-refractivity contribution is 5.96. The molecule has 3 rings (SSSR count). The Balaban J connectivity index is 1.63. The zero-order chi connectivity index (χ0) is 18.5. The van der Waals surface area contributed by atoms with Crippen LogP contribution in [0.1, 0.15) is 24.2 Å². The van der Waals surface area contributed by atoms with Crippen LogP contribution in [0.2, 0.25) is 0 Å². The molecule has 1 aliphatic rings. The molecule has 0 saturated carbocycles. The minimum Gasteiger partial charge on any atom is -0.486 e. The number of likely N-dealkylation sites (N-methyl/N-ethyl adjacent to an activating group) is 1. The second-order valence-electron chi connectivity index (χ2n) is 6.10. The molecular weight excluding hydrogens is 332 g/mol. The summed E-state index contributed by atoms with van der Waals surface area (Å²) < 4.78 is 11.6. The number of amides is 2. The van der Waals surface area contributed by atoms with Crippen LogP contribution in [0.15, 0.2) is 48.5 Å². The minimum absolute atomic E-state index is 0.0418. The van der Waals surface area contributed by atoms with E-state index in [1.807, 2.05) is 31.2 Å². The normalized spacial score (nSPS) is 15.2. The molecule has 1 aliphatic heterocycles. The van der Waals surface area contributed by atoms with Gasteiger partial charge in [0.15, 0.2) is 23.4 Å². The highest BCUT2D eigenvalue weighted by atomic mass is 16.6. The Morgan fingerprint density at radius 1 is 1.15 bits per heavy atom. The first-order valence-electron chi connectivity index (χ1n) is 8.62. The number of para-hydroxylation sites is 2. The summed E-state index contributed by atoms with van der Waals surface area (Å²) in [5, 5.41) is 2.84. The third-order valence-electron chi connectivity index (χ3n) is 4.18. The van der Waals surface area contributed by atoms with E-state index in [1.165, 1.54) is 6.92 Å². The standard InChI is InChI=1S/C20H22N2O4/c1-3-22(12-17-13-25-18-9-4-5-10-19(18)26-17)20(24)21-16-8-6-7-15(11-16)14(2)23/h4-11,17H,3,12-13H2,1-2H3,(H,21,24). The maximum atomic E-state index is 12.6. The summed E-state index contributed by atoms with van der Waals surface area (Å²) in [7, 11) is 0. The van der Waals surface area contributed by atoms with Crippen molar-refractivity contribution in [2.45, 2.75) is 20.0 Å². The average molecular weight is 354 g/mol. The lowest BCUT2D eigenvalue weighted by molar-refractivity contribution is 0.0693. The molecule has 0 fully saturated rings. The number of carbonyl (C=O) groups is 2. The Morgan fingerprint density at radius 3 is 2.65 bits per heavy atom. The fourth-order valence-electron chi connectivity index (χ4n) is 2.77. The summed E-state index contributed by atoms with van der Waals surface area (Å²) in [5.74, 6) is 1.37. The zero-order valence-corrected chi connectivity index (χ0v) is 14.9. The molecule has 6 heteroatoms. The number of ether oxygens (including phenoxy) is 2. The number of carbonyl (C=O) groups excluding carboxylic acids is 2. The summed E-state index contributed by atoms with van der Waals surface area (Å²) in [6.07, 6.45) is -0.237.